The highest BCUT2D eigenvalue weighted by Crippen LogP contribution is 2.26. The smallest absolute Gasteiger partial charge is 0.141 e. The lowest BCUT2D eigenvalue weighted by Crippen LogP contribution is -1.84. The fourth-order valence-electron chi connectivity index (χ4n) is 1.56. The van der Waals surface area contributed by atoms with Gasteiger partial charge in [0.1, 0.15) is 5.82 Å². The highest BCUT2D eigenvalue weighted by atomic mass is 35.5. The molecule has 76 valence electrons. The lowest BCUT2D eigenvalue weighted by atomic mass is 10.0. The van der Waals surface area contributed by atoms with Crippen LogP contribution in [0, 0.1) is 12.7 Å². The van der Waals surface area contributed by atoms with Crippen molar-refractivity contribution in [3.8, 4) is 11.1 Å². The van der Waals surface area contributed by atoms with Gasteiger partial charge in [-0.05, 0) is 35.7 Å². The first-order valence-electron chi connectivity index (χ1n) is 4.69. The van der Waals surface area contributed by atoms with Crippen LogP contribution < -0.4 is 0 Å². The summed E-state index contributed by atoms with van der Waals surface area (Å²) in [6.07, 6.45) is 0. The Labute approximate surface area is 93.3 Å². The molecule has 0 saturated carbocycles. The van der Waals surface area contributed by atoms with Crippen LogP contribution in [0.2, 0.25) is 5.02 Å². The van der Waals surface area contributed by atoms with Crippen molar-refractivity contribution < 1.29 is 4.39 Å². The molecule has 0 heterocycles. The van der Waals surface area contributed by atoms with E-state index in [9.17, 15) is 4.39 Å². The molecule has 2 aromatic rings. The monoisotopic (exact) mass is 220 g/mol. The second-order valence-electron chi connectivity index (χ2n) is 3.44. The van der Waals surface area contributed by atoms with Crippen LogP contribution >= 0.6 is 11.6 Å². The van der Waals surface area contributed by atoms with Crippen LogP contribution in [0.3, 0.4) is 0 Å². The van der Waals surface area contributed by atoms with E-state index in [2.05, 4.69) is 0 Å². The first-order valence-corrected chi connectivity index (χ1v) is 5.07. The summed E-state index contributed by atoms with van der Waals surface area (Å²) in [6, 6.07) is 12.7. The van der Waals surface area contributed by atoms with Gasteiger partial charge in [0, 0.05) is 0 Å². The molecule has 2 heteroatoms. The maximum atomic E-state index is 13.0. The van der Waals surface area contributed by atoms with E-state index in [0.717, 1.165) is 16.7 Å². The second kappa shape index (κ2) is 4.03. The molecule has 15 heavy (non-hydrogen) atoms. The maximum absolute atomic E-state index is 13.0. The first-order chi connectivity index (χ1) is 7.18. The number of hydrogen-bond acceptors (Lipinski definition) is 0. The summed E-state index contributed by atoms with van der Waals surface area (Å²) in [7, 11) is 0. The van der Waals surface area contributed by atoms with E-state index in [4.69, 9.17) is 11.6 Å². The largest absolute Gasteiger partial charge is 0.205 e. The Morgan fingerprint density at radius 1 is 1.07 bits per heavy atom. The first kappa shape index (κ1) is 10.2. The third kappa shape index (κ3) is 2.02. The summed E-state index contributed by atoms with van der Waals surface area (Å²) in [5, 5.41) is 0.163. The Morgan fingerprint density at radius 3 is 2.47 bits per heavy atom. The van der Waals surface area contributed by atoms with Crippen LogP contribution in [-0.4, -0.2) is 0 Å². The van der Waals surface area contributed by atoms with Gasteiger partial charge < -0.3 is 0 Å². The van der Waals surface area contributed by atoms with Gasteiger partial charge in [-0.2, -0.15) is 0 Å². The molecule has 0 aromatic heterocycles. The fourth-order valence-corrected chi connectivity index (χ4v) is 1.74. The van der Waals surface area contributed by atoms with E-state index in [-0.39, 0.29) is 10.8 Å². The zero-order valence-corrected chi connectivity index (χ0v) is 9.05. The molecule has 0 saturated heterocycles. The van der Waals surface area contributed by atoms with Crippen LogP contribution in [0.5, 0.6) is 0 Å². The van der Waals surface area contributed by atoms with E-state index < -0.39 is 0 Å². The summed E-state index contributed by atoms with van der Waals surface area (Å²) >= 11 is 5.74. The Kier molecular flexibility index (Phi) is 2.74. The van der Waals surface area contributed by atoms with Crippen LogP contribution in [0.1, 0.15) is 5.56 Å². The molecule has 0 N–H and O–H groups in total. The van der Waals surface area contributed by atoms with Gasteiger partial charge in [0.25, 0.3) is 0 Å². The molecular formula is C13H10ClF. The van der Waals surface area contributed by atoms with Crippen LogP contribution in [0.25, 0.3) is 11.1 Å². The van der Waals surface area contributed by atoms with E-state index in [1.54, 1.807) is 12.1 Å². The molecule has 0 amide bonds. The van der Waals surface area contributed by atoms with E-state index in [0.29, 0.717) is 0 Å². The minimum absolute atomic E-state index is 0.163. The van der Waals surface area contributed by atoms with Crippen molar-refractivity contribution in [2.45, 2.75) is 6.92 Å². The van der Waals surface area contributed by atoms with Gasteiger partial charge in [-0.25, -0.2) is 4.39 Å². The van der Waals surface area contributed by atoms with Gasteiger partial charge in [-0.3, -0.25) is 0 Å². The average Bonchev–Trinajstić information content (AvgIpc) is 2.23. The standard InChI is InChI=1S/C13H10ClF/c1-9-4-2-3-5-11(9)10-6-7-13(15)12(14)8-10/h2-8H,1H3. The third-order valence-corrected chi connectivity index (χ3v) is 2.67. The molecule has 0 unspecified atom stereocenters. The van der Waals surface area contributed by atoms with Crippen molar-refractivity contribution >= 4 is 11.6 Å². The summed E-state index contributed by atoms with van der Waals surface area (Å²) in [5.41, 5.74) is 3.18. The van der Waals surface area contributed by atoms with Crippen molar-refractivity contribution in [1.82, 2.24) is 0 Å². The zero-order valence-electron chi connectivity index (χ0n) is 8.30. The number of aryl methyl sites for hydroxylation is 1. The Bertz CT molecular complexity index is 492. The molecule has 2 aromatic carbocycles. The van der Waals surface area contributed by atoms with Crippen molar-refractivity contribution in [2.75, 3.05) is 0 Å². The summed E-state index contributed by atoms with van der Waals surface area (Å²) in [6.45, 7) is 2.02. The van der Waals surface area contributed by atoms with Gasteiger partial charge in [0.15, 0.2) is 0 Å². The second-order valence-corrected chi connectivity index (χ2v) is 3.85. The average molecular weight is 221 g/mol. The molecule has 0 aliphatic carbocycles. The number of rotatable bonds is 1. The lowest BCUT2D eigenvalue weighted by Gasteiger charge is -2.06. The Balaban J connectivity index is 2.55. The SMILES string of the molecule is Cc1ccccc1-c1ccc(F)c(Cl)c1. The van der Waals surface area contributed by atoms with Crippen LogP contribution in [0.4, 0.5) is 4.39 Å². The minimum Gasteiger partial charge on any atom is -0.205 e. The van der Waals surface area contributed by atoms with Gasteiger partial charge >= 0.3 is 0 Å². The number of halogens is 2. The minimum atomic E-state index is -0.381. The topological polar surface area (TPSA) is 0 Å². The molecule has 0 atom stereocenters. The van der Waals surface area contributed by atoms with Crippen LogP contribution in [-0.2, 0) is 0 Å². The predicted molar refractivity (Wildman–Crippen MR) is 61.6 cm³/mol. The molecule has 0 fully saturated rings. The molecular weight excluding hydrogens is 211 g/mol. The molecule has 0 aliphatic rings. The molecule has 0 aliphatic heterocycles. The van der Waals surface area contributed by atoms with Gasteiger partial charge in [0.05, 0.1) is 5.02 Å². The van der Waals surface area contributed by atoms with Gasteiger partial charge in [0.2, 0.25) is 0 Å². The van der Waals surface area contributed by atoms with Crippen LogP contribution in [0.15, 0.2) is 42.5 Å². The Hall–Kier alpha value is -1.34. The number of hydrogen-bond donors (Lipinski definition) is 0. The molecule has 0 spiro atoms. The highest BCUT2D eigenvalue weighted by Gasteiger charge is 2.04. The lowest BCUT2D eigenvalue weighted by molar-refractivity contribution is 0.628. The van der Waals surface area contributed by atoms with Gasteiger partial charge in [-0.1, -0.05) is 41.9 Å². The zero-order chi connectivity index (χ0) is 10.8. The normalized spacial score (nSPS) is 10.3. The molecule has 0 nitrogen and oxygen atoms in total. The maximum Gasteiger partial charge on any atom is 0.141 e. The number of benzene rings is 2. The third-order valence-electron chi connectivity index (χ3n) is 2.38. The van der Waals surface area contributed by atoms with Gasteiger partial charge in [-0.15, -0.1) is 0 Å². The van der Waals surface area contributed by atoms with Crippen molar-refractivity contribution in [3.05, 3.63) is 58.9 Å². The summed E-state index contributed by atoms with van der Waals surface area (Å²) < 4.78 is 13.0. The Morgan fingerprint density at radius 2 is 1.80 bits per heavy atom. The predicted octanol–water partition coefficient (Wildman–Crippen LogP) is 4.45. The summed E-state index contributed by atoms with van der Waals surface area (Å²) in [5.74, 6) is -0.381. The van der Waals surface area contributed by atoms with Crippen molar-refractivity contribution in [2.24, 2.45) is 0 Å². The fraction of sp³-hybridized carbons (Fsp3) is 0.0769. The molecule has 0 bridgehead atoms. The van der Waals surface area contributed by atoms with Crippen molar-refractivity contribution in [3.63, 3.8) is 0 Å². The van der Waals surface area contributed by atoms with Crippen molar-refractivity contribution in [1.29, 1.82) is 0 Å². The summed E-state index contributed by atoms with van der Waals surface area (Å²) in [4.78, 5) is 0. The molecule has 2 rings (SSSR count). The van der Waals surface area contributed by atoms with E-state index >= 15 is 0 Å². The van der Waals surface area contributed by atoms with E-state index in [1.807, 2.05) is 31.2 Å². The van der Waals surface area contributed by atoms with E-state index in [1.165, 1.54) is 6.07 Å². The molecule has 0 radical (unpaired) electrons. The quantitative estimate of drug-likeness (QED) is 0.666. The highest BCUT2D eigenvalue weighted by molar-refractivity contribution is 6.31.